The molecule has 0 bridgehead atoms. The number of rotatable bonds is 3. The maximum atomic E-state index is 8.99. The molecule has 1 saturated carbocycles. The number of halogens is 1. The molecule has 0 spiro atoms. The monoisotopic (exact) mass is 402 g/mol. The normalized spacial score (nSPS) is 27.5. The van der Waals surface area contributed by atoms with Gasteiger partial charge in [0.15, 0.2) is 5.58 Å². The number of nitriles is 1. The van der Waals surface area contributed by atoms with E-state index in [1.807, 2.05) is 6.07 Å². The van der Waals surface area contributed by atoms with E-state index in [2.05, 4.69) is 38.1 Å². The minimum atomic E-state index is 0.315. The van der Waals surface area contributed by atoms with Gasteiger partial charge in [0.05, 0.1) is 10.7 Å². The zero-order chi connectivity index (χ0) is 17.4. The third-order valence-corrected chi connectivity index (χ3v) is 6.54. The summed E-state index contributed by atoms with van der Waals surface area (Å²) in [7, 11) is 0. The van der Waals surface area contributed by atoms with Crippen LogP contribution in [0.1, 0.15) is 51.2 Å². The van der Waals surface area contributed by atoms with Gasteiger partial charge >= 0.3 is 0 Å². The maximum absolute atomic E-state index is 8.99. The number of fused-ring (bicyclic) bond motifs is 1. The predicted molar refractivity (Wildman–Crippen MR) is 101 cm³/mol. The number of nitrogens with one attached hydrogen (secondary N) is 1. The SMILES string of the molecule is C[C@H]1CCCN1C1CCC(Nc2ncc3oc(C#N)cc3c2Br)CC1. The van der Waals surface area contributed by atoms with Crippen molar-refractivity contribution in [1.82, 2.24) is 9.88 Å². The van der Waals surface area contributed by atoms with Crippen LogP contribution >= 0.6 is 15.9 Å². The van der Waals surface area contributed by atoms with E-state index < -0.39 is 0 Å². The van der Waals surface area contributed by atoms with E-state index in [1.165, 1.54) is 45.1 Å². The van der Waals surface area contributed by atoms with Crippen molar-refractivity contribution < 1.29 is 4.42 Å². The first-order valence-electron chi connectivity index (χ1n) is 9.16. The number of pyridine rings is 1. The lowest BCUT2D eigenvalue weighted by Crippen LogP contribution is -2.42. The van der Waals surface area contributed by atoms with Gasteiger partial charge in [0, 0.05) is 29.6 Å². The molecule has 2 fully saturated rings. The Hall–Kier alpha value is -1.58. The fourth-order valence-corrected chi connectivity index (χ4v) is 4.91. The molecular formula is C19H23BrN4O. The summed E-state index contributed by atoms with van der Waals surface area (Å²) < 4.78 is 6.32. The second-order valence-corrected chi connectivity index (χ2v) is 8.09. The number of aromatic nitrogens is 1. The van der Waals surface area contributed by atoms with Crippen molar-refractivity contribution in [2.45, 2.75) is 63.6 Å². The highest BCUT2D eigenvalue weighted by Gasteiger charge is 2.31. The molecule has 0 radical (unpaired) electrons. The van der Waals surface area contributed by atoms with Crippen molar-refractivity contribution in [1.29, 1.82) is 5.26 Å². The van der Waals surface area contributed by atoms with E-state index in [-0.39, 0.29) is 0 Å². The van der Waals surface area contributed by atoms with Crippen molar-refractivity contribution in [2.75, 3.05) is 11.9 Å². The van der Waals surface area contributed by atoms with Gasteiger partial charge in [0.25, 0.3) is 0 Å². The number of anilines is 1. The van der Waals surface area contributed by atoms with Gasteiger partial charge in [-0.15, -0.1) is 0 Å². The molecule has 2 aliphatic rings. The topological polar surface area (TPSA) is 65.1 Å². The summed E-state index contributed by atoms with van der Waals surface area (Å²) in [6.07, 6.45) is 9.26. The standard InChI is InChI=1S/C19H23BrN4O/c1-12-3-2-8-24(12)14-6-4-13(5-7-14)23-19-18(20)16-9-15(10-21)25-17(16)11-22-19/h9,11-14H,2-8H2,1H3,(H,22,23)/t12-,13?,14?/m0/s1. The van der Waals surface area contributed by atoms with Gasteiger partial charge in [-0.2, -0.15) is 5.26 Å². The maximum Gasteiger partial charge on any atom is 0.204 e. The van der Waals surface area contributed by atoms with E-state index in [9.17, 15) is 0 Å². The molecule has 2 aromatic rings. The first-order chi connectivity index (χ1) is 12.2. The van der Waals surface area contributed by atoms with Gasteiger partial charge in [-0.1, -0.05) is 0 Å². The Morgan fingerprint density at radius 3 is 2.80 bits per heavy atom. The fraction of sp³-hybridized carbons (Fsp3) is 0.579. The average molecular weight is 403 g/mol. The molecule has 0 amide bonds. The smallest absolute Gasteiger partial charge is 0.204 e. The summed E-state index contributed by atoms with van der Waals surface area (Å²) in [5.41, 5.74) is 0.640. The molecule has 1 saturated heterocycles. The van der Waals surface area contributed by atoms with E-state index in [4.69, 9.17) is 9.68 Å². The number of nitrogens with zero attached hydrogens (tertiary/aromatic N) is 3. The summed E-state index contributed by atoms with van der Waals surface area (Å²) in [6.45, 7) is 3.64. The second kappa shape index (κ2) is 6.97. The van der Waals surface area contributed by atoms with Crippen molar-refractivity contribution in [3.05, 3.63) is 22.5 Å². The van der Waals surface area contributed by atoms with E-state index in [0.29, 0.717) is 17.4 Å². The lowest BCUT2D eigenvalue weighted by atomic mass is 9.90. The van der Waals surface area contributed by atoms with Crippen LogP contribution in [0.5, 0.6) is 0 Å². The molecule has 132 valence electrons. The molecule has 1 aliphatic heterocycles. The molecule has 6 heteroatoms. The Labute approximate surface area is 156 Å². The van der Waals surface area contributed by atoms with Crippen molar-refractivity contribution in [3.8, 4) is 6.07 Å². The summed E-state index contributed by atoms with van der Waals surface area (Å²) in [5, 5.41) is 13.5. The number of furan rings is 1. The third-order valence-electron chi connectivity index (χ3n) is 5.74. The largest absolute Gasteiger partial charge is 0.444 e. The molecule has 0 aromatic carbocycles. The molecule has 4 rings (SSSR count). The molecule has 25 heavy (non-hydrogen) atoms. The van der Waals surface area contributed by atoms with Gasteiger partial charge in [0.1, 0.15) is 11.9 Å². The quantitative estimate of drug-likeness (QED) is 0.807. The Morgan fingerprint density at radius 2 is 2.12 bits per heavy atom. The van der Waals surface area contributed by atoms with Crippen LogP contribution in [0.25, 0.3) is 11.0 Å². The average Bonchev–Trinajstić information content (AvgIpc) is 3.24. The van der Waals surface area contributed by atoms with Gasteiger partial charge in [-0.05, 0) is 67.9 Å². The van der Waals surface area contributed by atoms with Crippen LogP contribution in [0, 0.1) is 11.3 Å². The predicted octanol–water partition coefficient (Wildman–Crippen LogP) is 4.67. The Bertz CT molecular complexity index is 804. The molecule has 1 N–H and O–H groups in total. The van der Waals surface area contributed by atoms with Gasteiger partial charge in [0.2, 0.25) is 5.76 Å². The molecule has 3 heterocycles. The summed E-state index contributed by atoms with van der Waals surface area (Å²) in [6, 6.07) is 5.76. The molecule has 1 aliphatic carbocycles. The van der Waals surface area contributed by atoms with Gasteiger partial charge < -0.3 is 9.73 Å². The number of likely N-dealkylation sites (tertiary alicyclic amines) is 1. The highest BCUT2D eigenvalue weighted by molar-refractivity contribution is 9.10. The first kappa shape index (κ1) is 16.9. The van der Waals surface area contributed by atoms with Crippen LogP contribution in [-0.2, 0) is 0 Å². The van der Waals surface area contributed by atoms with Gasteiger partial charge in [-0.25, -0.2) is 4.98 Å². The third kappa shape index (κ3) is 3.28. The minimum Gasteiger partial charge on any atom is -0.444 e. The summed E-state index contributed by atoms with van der Waals surface area (Å²) in [4.78, 5) is 7.20. The highest BCUT2D eigenvalue weighted by Crippen LogP contribution is 2.34. The van der Waals surface area contributed by atoms with Crippen LogP contribution in [0.4, 0.5) is 5.82 Å². The lowest BCUT2D eigenvalue weighted by Gasteiger charge is -2.37. The van der Waals surface area contributed by atoms with Crippen LogP contribution < -0.4 is 5.32 Å². The second-order valence-electron chi connectivity index (χ2n) is 7.30. The van der Waals surface area contributed by atoms with Crippen LogP contribution in [0.2, 0.25) is 0 Å². The molecular weight excluding hydrogens is 380 g/mol. The Morgan fingerprint density at radius 1 is 1.32 bits per heavy atom. The molecule has 5 nitrogen and oxygen atoms in total. The summed E-state index contributed by atoms with van der Waals surface area (Å²) in [5.74, 6) is 1.16. The van der Waals surface area contributed by atoms with Crippen molar-refractivity contribution in [2.24, 2.45) is 0 Å². The molecule has 2 aromatic heterocycles. The van der Waals surface area contributed by atoms with Gasteiger partial charge in [-0.3, -0.25) is 4.90 Å². The number of hydrogen-bond acceptors (Lipinski definition) is 5. The van der Waals surface area contributed by atoms with Crippen LogP contribution in [-0.4, -0.2) is 34.6 Å². The van der Waals surface area contributed by atoms with E-state index in [1.54, 1.807) is 12.3 Å². The zero-order valence-corrected chi connectivity index (χ0v) is 16.1. The molecule has 0 unspecified atom stereocenters. The van der Waals surface area contributed by atoms with Crippen LogP contribution in [0.15, 0.2) is 21.2 Å². The highest BCUT2D eigenvalue weighted by atomic mass is 79.9. The summed E-state index contributed by atoms with van der Waals surface area (Å²) >= 11 is 3.62. The first-order valence-corrected chi connectivity index (χ1v) is 9.95. The Balaban J connectivity index is 1.42. The Kier molecular flexibility index (Phi) is 4.70. The number of hydrogen-bond donors (Lipinski definition) is 1. The lowest BCUT2D eigenvalue weighted by molar-refractivity contribution is 0.146. The van der Waals surface area contributed by atoms with E-state index in [0.717, 1.165) is 27.8 Å². The fourth-order valence-electron chi connectivity index (χ4n) is 4.38. The van der Waals surface area contributed by atoms with E-state index >= 15 is 0 Å². The molecule has 1 atom stereocenters. The van der Waals surface area contributed by atoms with Crippen LogP contribution in [0.3, 0.4) is 0 Å². The van der Waals surface area contributed by atoms with Crippen molar-refractivity contribution >= 4 is 32.7 Å². The van der Waals surface area contributed by atoms with Crippen molar-refractivity contribution in [3.63, 3.8) is 0 Å². The minimum absolute atomic E-state index is 0.315. The zero-order valence-electron chi connectivity index (χ0n) is 14.5.